The van der Waals surface area contributed by atoms with Gasteiger partial charge in [-0.05, 0) is 12.5 Å². The summed E-state index contributed by atoms with van der Waals surface area (Å²) in [5.74, 6) is -0.891. The summed E-state index contributed by atoms with van der Waals surface area (Å²) in [6.45, 7) is 3.02. The summed E-state index contributed by atoms with van der Waals surface area (Å²) in [4.78, 5) is 15.1. The van der Waals surface area contributed by atoms with Gasteiger partial charge in [-0.1, -0.05) is 19.8 Å². The van der Waals surface area contributed by atoms with Crippen molar-refractivity contribution in [2.24, 2.45) is 0 Å². The van der Waals surface area contributed by atoms with Crippen molar-refractivity contribution >= 4 is 16.9 Å². The molecule has 0 atom stereocenters. The van der Waals surface area contributed by atoms with Gasteiger partial charge in [-0.25, -0.2) is 4.79 Å². The van der Waals surface area contributed by atoms with E-state index in [1.165, 1.54) is 0 Å². The van der Waals surface area contributed by atoms with Gasteiger partial charge in [-0.3, -0.25) is 4.98 Å². The standard InChI is InChI=1S/C13H16N2O2/c1-2-3-4-7-15-9-11(13(16)17)10-8-14-6-5-12(10)15/h5-6,8-9H,2-4,7H2,1H3,(H,16,17). The molecule has 0 unspecified atom stereocenters. The van der Waals surface area contributed by atoms with E-state index in [-0.39, 0.29) is 0 Å². The number of nitrogens with zero attached hydrogens (tertiary/aromatic N) is 2. The Labute approximate surface area is 99.9 Å². The third-order valence-electron chi connectivity index (χ3n) is 2.92. The SMILES string of the molecule is CCCCCn1cc(C(=O)O)c2cnccc21. The van der Waals surface area contributed by atoms with Crippen LogP contribution in [0.15, 0.2) is 24.7 Å². The van der Waals surface area contributed by atoms with E-state index in [0.29, 0.717) is 5.56 Å². The molecule has 0 fully saturated rings. The van der Waals surface area contributed by atoms with Gasteiger partial charge in [0.2, 0.25) is 0 Å². The number of carbonyl (C=O) groups is 1. The second kappa shape index (κ2) is 4.99. The molecule has 90 valence electrons. The quantitative estimate of drug-likeness (QED) is 0.806. The Morgan fingerprint density at radius 1 is 1.47 bits per heavy atom. The maximum atomic E-state index is 11.1. The maximum absolute atomic E-state index is 11.1. The Morgan fingerprint density at radius 2 is 2.29 bits per heavy atom. The lowest BCUT2D eigenvalue weighted by Gasteiger charge is -2.03. The summed E-state index contributed by atoms with van der Waals surface area (Å²) in [7, 11) is 0. The lowest BCUT2D eigenvalue weighted by Crippen LogP contribution is -1.97. The van der Waals surface area contributed by atoms with Gasteiger partial charge in [-0.2, -0.15) is 0 Å². The van der Waals surface area contributed by atoms with E-state index in [1.54, 1.807) is 18.6 Å². The van der Waals surface area contributed by atoms with Crippen LogP contribution in [0.3, 0.4) is 0 Å². The van der Waals surface area contributed by atoms with Crippen LogP contribution in [0.4, 0.5) is 0 Å². The first-order valence-electron chi connectivity index (χ1n) is 5.90. The van der Waals surface area contributed by atoms with Crippen molar-refractivity contribution < 1.29 is 9.90 Å². The molecule has 0 spiro atoms. The van der Waals surface area contributed by atoms with Crippen molar-refractivity contribution in [1.29, 1.82) is 0 Å². The number of aryl methyl sites for hydroxylation is 1. The van der Waals surface area contributed by atoms with E-state index in [4.69, 9.17) is 5.11 Å². The van der Waals surface area contributed by atoms with E-state index in [0.717, 1.165) is 36.7 Å². The molecule has 0 saturated heterocycles. The highest BCUT2D eigenvalue weighted by Gasteiger charge is 2.13. The molecule has 0 aliphatic carbocycles. The fourth-order valence-electron chi connectivity index (χ4n) is 2.03. The lowest BCUT2D eigenvalue weighted by molar-refractivity contribution is 0.0698. The minimum Gasteiger partial charge on any atom is -0.478 e. The van der Waals surface area contributed by atoms with Crippen LogP contribution in [-0.2, 0) is 6.54 Å². The van der Waals surface area contributed by atoms with Crippen LogP contribution < -0.4 is 0 Å². The first kappa shape index (κ1) is 11.6. The van der Waals surface area contributed by atoms with E-state index in [2.05, 4.69) is 11.9 Å². The third kappa shape index (κ3) is 2.30. The van der Waals surface area contributed by atoms with Crippen molar-refractivity contribution in [3.05, 3.63) is 30.2 Å². The number of hydrogen-bond acceptors (Lipinski definition) is 2. The Kier molecular flexibility index (Phi) is 3.42. The number of hydrogen-bond donors (Lipinski definition) is 1. The smallest absolute Gasteiger partial charge is 0.337 e. The largest absolute Gasteiger partial charge is 0.478 e. The Morgan fingerprint density at radius 3 is 3.00 bits per heavy atom. The summed E-state index contributed by atoms with van der Waals surface area (Å²) >= 11 is 0. The van der Waals surface area contributed by atoms with Crippen LogP contribution in [0.5, 0.6) is 0 Å². The second-order valence-corrected chi connectivity index (χ2v) is 4.14. The van der Waals surface area contributed by atoms with Crippen LogP contribution >= 0.6 is 0 Å². The fourth-order valence-corrected chi connectivity index (χ4v) is 2.03. The molecule has 0 radical (unpaired) electrons. The molecule has 0 saturated carbocycles. The summed E-state index contributed by atoms with van der Waals surface area (Å²) in [6.07, 6.45) is 8.42. The molecule has 0 aliphatic heterocycles. The zero-order valence-corrected chi connectivity index (χ0v) is 9.89. The van der Waals surface area contributed by atoms with Gasteiger partial charge in [0.25, 0.3) is 0 Å². The molecule has 2 aromatic heterocycles. The zero-order chi connectivity index (χ0) is 12.3. The number of aromatic carboxylic acids is 1. The first-order valence-corrected chi connectivity index (χ1v) is 5.90. The van der Waals surface area contributed by atoms with Crippen LogP contribution in [0.2, 0.25) is 0 Å². The van der Waals surface area contributed by atoms with Crippen molar-refractivity contribution in [2.45, 2.75) is 32.7 Å². The summed E-state index contributed by atoms with van der Waals surface area (Å²) in [6, 6.07) is 1.87. The summed E-state index contributed by atoms with van der Waals surface area (Å²) in [5, 5.41) is 9.85. The van der Waals surface area contributed by atoms with Gasteiger partial charge in [0.1, 0.15) is 0 Å². The average Bonchev–Trinajstić information content (AvgIpc) is 2.69. The molecule has 4 heteroatoms. The van der Waals surface area contributed by atoms with Gasteiger partial charge in [0.05, 0.1) is 11.1 Å². The Hall–Kier alpha value is -1.84. The highest BCUT2D eigenvalue weighted by molar-refractivity contribution is 6.03. The molecular weight excluding hydrogens is 216 g/mol. The Bertz CT molecular complexity index is 531. The molecule has 4 nitrogen and oxygen atoms in total. The van der Waals surface area contributed by atoms with Crippen molar-refractivity contribution in [2.75, 3.05) is 0 Å². The zero-order valence-electron chi connectivity index (χ0n) is 9.89. The molecular formula is C13H16N2O2. The normalized spacial score (nSPS) is 10.9. The van der Waals surface area contributed by atoms with E-state index in [9.17, 15) is 4.79 Å². The molecule has 2 rings (SSSR count). The molecule has 2 heterocycles. The van der Waals surface area contributed by atoms with Crippen molar-refractivity contribution in [3.63, 3.8) is 0 Å². The third-order valence-corrected chi connectivity index (χ3v) is 2.92. The van der Waals surface area contributed by atoms with Crippen LogP contribution in [-0.4, -0.2) is 20.6 Å². The van der Waals surface area contributed by atoms with Gasteiger partial charge >= 0.3 is 5.97 Å². The number of unbranched alkanes of at least 4 members (excludes halogenated alkanes) is 2. The van der Waals surface area contributed by atoms with Crippen LogP contribution in [0, 0.1) is 0 Å². The van der Waals surface area contributed by atoms with Crippen LogP contribution in [0.1, 0.15) is 36.5 Å². The first-order chi connectivity index (χ1) is 8.24. The Balaban J connectivity index is 2.38. The topological polar surface area (TPSA) is 55.1 Å². The number of rotatable bonds is 5. The van der Waals surface area contributed by atoms with Gasteiger partial charge in [0, 0.05) is 30.5 Å². The molecule has 0 aliphatic rings. The monoisotopic (exact) mass is 232 g/mol. The summed E-state index contributed by atoms with van der Waals surface area (Å²) < 4.78 is 2.01. The van der Waals surface area contributed by atoms with E-state index < -0.39 is 5.97 Å². The second-order valence-electron chi connectivity index (χ2n) is 4.14. The van der Waals surface area contributed by atoms with Gasteiger partial charge in [-0.15, -0.1) is 0 Å². The average molecular weight is 232 g/mol. The van der Waals surface area contributed by atoms with Crippen LogP contribution in [0.25, 0.3) is 10.9 Å². The summed E-state index contributed by atoms with van der Waals surface area (Å²) in [5.41, 5.74) is 1.29. The molecule has 1 N–H and O–H groups in total. The number of carboxylic acid groups (broad SMARTS) is 1. The number of aromatic nitrogens is 2. The molecule has 0 amide bonds. The maximum Gasteiger partial charge on any atom is 0.337 e. The number of fused-ring (bicyclic) bond motifs is 1. The molecule has 2 aromatic rings. The number of carboxylic acids is 1. The lowest BCUT2D eigenvalue weighted by atomic mass is 10.2. The highest BCUT2D eigenvalue weighted by Crippen LogP contribution is 2.20. The number of pyridine rings is 1. The molecule has 0 bridgehead atoms. The van der Waals surface area contributed by atoms with E-state index >= 15 is 0 Å². The van der Waals surface area contributed by atoms with Gasteiger partial charge in [0.15, 0.2) is 0 Å². The fraction of sp³-hybridized carbons (Fsp3) is 0.385. The van der Waals surface area contributed by atoms with Crippen molar-refractivity contribution in [3.8, 4) is 0 Å². The molecule has 17 heavy (non-hydrogen) atoms. The predicted molar refractivity (Wildman–Crippen MR) is 66.2 cm³/mol. The van der Waals surface area contributed by atoms with E-state index in [1.807, 2.05) is 10.6 Å². The molecule has 0 aromatic carbocycles. The highest BCUT2D eigenvalue weighted by atomic mass is 16.4. The van der Waals surface area contributed by atoms with Gasteiger partial charge < -0.3 is 9.67 Å². The minimum atomic E-state index is -0.891. The minimum absolute atomic E-state index is 0.338. The van der Waals surface area contributed by atoms with Crippen molar-refractivity contribution in [1.82, 2.24) is 9.55 Å². The predicted octanol–water partition coefficient (Wildman–Crippen LogP) is 2.92.